The first-order valence-corrected chi connectivity index (χ1v) is 3.52. The minimum atomic E-state index is 0.257. The molecule has 0 fully saturated rings. The molecule has 1 unspecified atom stereocenters. The highest BCUT2D eigenvalue weighted by Gasteiger charge is 1.74. The van der Waals surface area contributed by atoms with Gasteiger partial charge in [-0.2, -0.15) is 0 Å². The lowest BCUT2D eigenvalue weighted by molar-refractivity contribution is 2.05. The number of alkyl halides is 2. The molecule has 0 aromatic rings. The van der Waals surface area contributed by atoms with E-state index in [1.165, 1.54) is 0 Å². The van der Waals surface area contributed by atoms with E-state index in [2.05, 4.69) is 15.9 Å². The topological polar surface area (TPSA) is 0 Å². The molecule has 0 amide bonds. The van der Waals surface area contributed by atoms with E-state index in [-0.39, 0.29) is 3.91 Å². The van der Waals surface area contributed by atoms with Crippen LogP contribution < -0.4 is 0 Å². The molecule has 4 heavy (non-hydrogen) atoms. The van der Waals surface area contributed by atoms with Gasteiger partial charge < -0.3 is 0 Å². The van der Waals surface area contributed by atoms with Crippen molar-refractivity contribution in [1.29, 1.82) is 0 Å². The van der Waals surface area contributed by atoms with Gasteiger partial charge in [0.2, 0.25) is 0 Å². The van der Waals surface area contributed by atoms with Crippen molar-refractivity contribution in [3.8, 4) is 0 Å². The molecule has 0 saturated carbocycles. The Bertz CT molecular complexity index is 12.8. The summed E-state index contributed by atoms with van der Waals surface area (Å²) in [7, 11) is 1.03. The molecule has 0 heterocycles. The summed E-state index contributed by atoms with van der Waals surface area (Å²) in [6.45, 7) is 0. The Labute approximate surface area is 42.1 Å². The van der Waals surface area contributed by atoms with Crippen LogP contribution in [-0.2, 0) is 0 Å². The van der Waals surface area contributed by atoms with Gasteiger partial charge in [-0.15, -0.1) is 11.6 Å². The van der Waals surface area contributed by atoms with Crippen LogP contribution in [0.1, 0.15) is 0 Å². The van der Waals surface area contributed by atoms with Gasteiger partial charge in [0.05, 0.1) is 3.91 Å². The zero-order chi connectivity index (χ0) is 3.58. The van der Waals surface area contributed by atoms with Gasteiger partial charge in [0.25, 0.3) is 0 Å². The van der Waals surface area contributed by atoms with Crippen molar-refractivity contribution in [2.45, 2.75) is 3.91 Å². The maximum absolute atomic E-state index is 5.25. The Morgan fingerprint density at radius 2 is 2.00 bits per heavy atom. The second-order valence-electron chi connectivity index (χ2n) is 0.519. The maximum Gasteiger partial charge on any atom is 0.0695 e. The summed E-state index contributed by atoms with van der Waals surface area (Å²) in [5.41, 5.74) is 0. The van der Waals surface area contributed by atoms with E-state index in [1.54, 1.807) is 0 Å². The predicted molar refractivity (Wildman–Crippen MR) is 28.5 cm³/mol. The van der Waals surface area contributed by atoms with Crippen molar-refractivity contribution >= 4 is 37.8 Å². The van der Waals surface area contributed by atoms with Crippen LogP contribution in [0.5, 0.6) is 0 Å². The SMILES string of the molecule is [SiH3]C(Cl)Br. The Morgan fingerprint density at radius 1 is 2.00 bits per heavy atom. The van der Waals surface area contributed by atoms with Gasteiger partial charge in [-0.25, -0.2) is 0 Å². The van der Waals surface area contributed by atoms with E-state index >= 15 is 0 Å². The van der Waals surface area contributed by atoms with E-state index in [9.17, 15) is 0 Å². The molecule has 0 rings (SSSR count). The van der Waals surface area contributed by atoms with Crippen LogP contribution in [0.3, 0.4) is 0 Å². The Kier molecular flexibility index (Phi) is 2.79. The van der Waals surface area contributed by atoms with Crippen LogP contribution in [0.2, 0.25) is 0 Å². The summed E-state index contributed by atoms with van der Waals surface area (Å²) in [5, 5.41) is 0. The van der Waals surface area contributed by atoms with Gasteiger partial charge in [-0.05, 0) is 0 Å². The first-order chi connectivity index (χ1) is 1.73. The molecule has 0 aromatic carbocycles. The smallest absolute Gasteiger partial charge is 0.0695 e. The van der Waals surface area contributed by atoms with E-state index in [1.807, 2.05) is 0 Å². The molecular weight excluding hydrogens is 155 g/mol. The van der Waals surface area contributed by atoms with Crippen molar-refractivity contribution in [3.05, 3.63) is 0 Å². The molecule has 3 heteroatoms. The fourth-order valence-electron chi connectivity index (χ4n) is 0. The van der Waals surface area contributed by atoms with Crippen LogP contribution in [0.15, 0.2) is 0 Å². The minimum absolute atomic E-state index is 0.257. The average molecular weight is 159 g/mol. The van der Waals surface area contributed by atoms with E-state index in [0.29, 0.717) is 0 Å². The van der Waals surface area contributed by atoms with Crippen LogP contribution in [-0.4, -0.2) is 14.2 Å². The maximum atomic E-state index is 5.25. The Hall–Kier alpha value is 0.987. The second kappa shape index (κ2) is 2.24. The zero-order valence-electron chi connectivity index (χ0n) is 2.33. The van der Waals surface area contributed by atoms with E-state index in [4.69, 9.17) is 11.6 Å². The molecule has 0 spiro atoms. The van der Waals surface area contributed by atoms with Crippen molar-refractivity contribution in [2.75, 3.05) is 0 Å². The minimum Gasteiger partial charge on any atom is -0.115 e. The Balaban J connectivity index is 2.32. The third kappa shape index (κ3) is 12.1. The first-order valence-electron chi connectivity index (χ1n) is 1.01. The average Bonchev–Trinajstić information content (AvgIpc) is 0.811. The molecule has 1 atom stereocenters. The van der Waals surface area contributed by atoms with Crippen molar-refractivity contribution < 1.29 is 0 Å². The standard InChI is InChI=1S/CH4BrClSi/c2-1(3)4/h1H,4H3. The van der Waals surface area contributed by atoms with Crippen LogP contribution in [0.4, 0.5) is 0 Å². The lowest BCUT2D eigenvalue weighted by Crippen LogP contribution is -1.74. The predicted octanol–water partition coefficient (Wildman–Crippen LogP) is 0.269. The molecule has 0 nitrogen and oxygen atoms in total. The highest BCUT2D eigenvalue weighted by molar-refractivity contribution is 9.10. The summed E-state index contributed by atoms with van der Waals surface area (Å²) in [6, 6.07) is 0. The lowest BCUT2D eigenvalue weighted by atomic mass is 11.9. The Morgan fingerprint density at radius 3 is 2.00 bits per heavy atom. The second-order valence-corrected chi connectivity index (χ2v) is 6.65. The summed E-state index contributed by atoms with van der Waals surface area (Å²) in [6.07, 6.45) is 0. The molecule has 26 valence electrons. The summed E-state index contributed by atoms with van der Waals surface area (Å²) >= 11 is 8.35. The fourth-order valence-corrected chi connectivity index (χ4v) is 0. The molecule has 0 N–H and O–H groups in total. The van der Waals surface area contributed by atoms with Crippen molar-refractivity contribution in [3.63, 3.8) is 0 Å². The lowest BCUT2D eigenvalue weighted by Gasteiger charge is -1.72. The summed E-state index contributed by atoms with van der Waals surface area (Å²) < 4.78 is 0.257. The largest absolute Gasteiger partial charge is 0.115 e. The zero-order valence-corrected chi connectivity index (χ0v) is 6.68. The van der Waals surface area contributed by atoms with Crippen molar-refractivity contribution in [1.82, 2.24) is 0 Å². The molecule has 0 aliphatic heterocycles. The van der Waals surface area contributed by atoms with Gasteiger partial charge in [0.15, 0.2) is 0 Å². The van der Waals surface area contributed by atoms with Gasteiger partial charge in [-0.1, -0.05) is 15.9 Å². The highest BCUT2D eigenvalue weighted by atomic mass is 79.9. The van der Waals surface area contributed by atoms with Gasteiger partial charge in [-0.3, -0.25) is 0 Å². The quantitative estimate of drug-likeness (QED) is 0.352. The number of hydrogen-bond donors (Lipinski definition) is 0. The van der Waals surface area contributed by atoms with Crippen LogP contribution in [0.25, 0.3) is 0 Å². The third-order valence-corrected chi connectivity index (χ3v) is 0. The normalized spacial score (nSPS) is 16.5. The third-order valence-electron chi connectivity index (χ3n) is 0. The molecule has 0 aliphatic rings. The van der Waals surface area contributed by atoms with Crippen LogP contribution >= 0.6 is 27.5 Å². The monoisotopic (exact) mass is 158 g/mol. The molecule has 0 saturated heterocycles. The van der Waals surface area contributed by atoms with E-state index < -0.39 is 0 Å². The molecular formula is CH4BrClSi. The van der Waals surface area contributed by atoms with E-state index in [0.717, 1.165) is 10.2 Å². The van der Waals surface area contributed by atoms with Crippen molar-refractivity contribution in [2.24, 2.45) is 0 Å². The summed E-state index contributed by atoms with van der Waals surface area (Å²) in [5.74, 6) is 0. The molecule has 0 aliphatic carbocycles. The van der Waals surface area contributed by atoms with Crippen LogP contribution in [0, 0.1) is 0 Å². The molecule has 0 radical (unpaired) electrons. The molecule has 0 bridgehead atoms. The van der Waals surface area contributed by atoms with Gasteiger partial charge >= 0.3 is 0 Å². The molecule has 0 aromatic heterocycles. The first kappa shape index (κ1) is 4.99. The summed E-state index contributed by atoms with van der Waals surface area (Å²) in [4.78, 5) is 0. The highest BCUT2D eigenvalue weighted by Crippen LogP contribution is 1.94. The number of halogens is 2. The fraction of sp³-hybridized carbons (Fsp3) is 1.00. The van der Waals surface area contributed by atoms with Gasteiger partial charge in [0.1, 0.15) is 0 Å². The number of hydrogen-bond acceptors (Lipinski definition) is 0. The number of rotatable bonds is 0. The van der Waals surface area contributed by atoms with Gasteiger partial charge in [0, 0.05) is 10.2 Å².